The highest BCUT2D eigenvalue weighted by Gasteiger charge is 2.43. The van der Waals surface area contributed by atoms with Gasteiger partial charge < -0.3 is 4.74 Å². The molecule has 1 atom stereocenters. The van der Waals surface area contributed by atoms with Gasteiger partial charge in [0.15, 0.2) is 0 Å². The molecule has 0 heterocycles. The molecular formula is C32H43F3O. The first-order valence-electron chi connectivity index (χ1n) is 14.2. The van der Waals surface area contributed by atoms with Crippen LogP contribution in [0.4, 0.5) is 13.2 Å². The quantitative estimate of drug-likeness (QED) is 0.315. The largest absolute Gasteiger partial charge is 0.391 e. The maximum absolute atomic E-state index is 14.8. The molecule has 0 aliphatic heterocycles. The van der Waals surface area contributed by atoms with Crippen LogP contribution in [0.5, 0.6) is 0 Å². The monoisotopic (exact) mass is 500 g/mol. The Kier molecular flexibility index (Phi) is 9.55. The van der Waals surface area contributed by atoms with Crippen LogP contribution in [0.25, 0.3) is 0 Å². The molecule has 198 valence electrons. The molecule has 4 heteroatoms. The van der Waals surface area contributed by atoms with Crippen molar-refractivity contribution in [1.29, 1.82) is 0 Å². The summed E-state index contributed by atoms with van der Waals surface area (Å²) in [6.45, 7) is 4.17. The summed E-state index contributed by atoms with van der Waals surface area (Å²) in [6, 6.07) is 14.4. The molecule has 2 fully saturated rings. The second-order valence-corrected chi connectivity index (χ2v) is 11.3. The van der Waals surface area contributed by atoms with E-state index in [9.17, 15) is 13.2 Å². The standard InChI is InChI=1S/C32H43F3O/c1-3-5-24-8-14-27(15-9-24)28-16-10-25(11-17-28)22-36-32(34,35)31(33)30-20-18-29(19-21-30)26-12-6-23(4-2)7-13-26/h10-11,16-21,23-24,26-27,31H,3-9,12-15,22H2,1-2H3. The lowest BCUT2D eigenvalue weighted by atomic mass is 9.77. The fourth-order valence-electron chi connectivity index (χ4n) is 6.37. The van der Waals surface area contributed by atoms with Crippen LogP contribution in [-0.4, -0.2) is 6.11 Å². The minimum atomic E-state index is -3.88. The maximum atomic E-state index is 14.8. The molecular weight excluding hydrogens is 457 g/mol. The molecule has 2 saturated carbocycles. The van der Waals surface area contributed by atoms with Gasteiger partial charge in [0.05, 0.1) is 6.61 Å². The third-order valence-electron chi connectivity index (χ3n) is 8.85. The van der Waals surface area contributed by atoms with Gasteiger partial charge in [0, 0.05) is 0 Å². The maximum Gasteiger partial charge on any atom is 0.391 e. The molecule has 0 bridgehead atoms. The van der Waals surface area contributed by atoms with Crippen molar-refractivity contribution in [2.24, 2.45) is 11.8 Å². The van der Waals surface area contributed by atoms with Gasteiger partial charge >= 0.3 is 6.11 Å². The van der Waals surface area contributed by atoms with Crippen molar-refractivity contribution < 1.29 is 17.9 Å². The summed E-state index contributed by atoms with van der Waals surface area (Å²) in [6.07, 6.45) is 7.01. The van der Waals surface area contributed by atoms with Gasteiger partial charge in [-0.1, -0.05) is 81.6 Å². The molecule has 2 aromatic rings. The summed E-state index contributed by atoms with van der Waals surface area (Å²) in [5.41, 5.74) is 3.01. The Labute approximate surface area is 215 Å². The van der Waals surface area contributed by atoms with Crippen LogP contribution >= 0.6 is 0 Å². The van der Waals surface area contributed by atoms with Crippen molar-refractivity contribution >= 4 is 0 Å². The van der Waals surface area contributed by atoms with Crippen LogP contribution < -0.4 is 0 Å². The summed E-state index contributed by atoms with van der Waals surface area (Å²) < 4.78 is 48.8. The minimum Gasteiger partial charge on any atom is -0.313 e. The first-order chi connectivity index (χ1) is 17.4. The van der Waals surface area contributed by atoms with E-state index in [0.29, 0.717) is 17.4 Å². The van der Waals surface area contributed by atoms with Crippen LogP contribution in [0.3, 0.4) is 0 Å². The summed E-state index contributed by atoms with van der Waals surface area (Å²) in [7, 11) is 0. The Hall–Kier alpha value is -1.81. The van der Waals surface area contributed by atoms with E-state index in [2.05, 4.69) is 13.8 Å². The Morgan fingerprint density at radius 1 is 0.750 bits per heavy atom. The third kappa shape index (κ3) is 6.94. The Balaban J connectivity index is 1.28. The average Bonchev–Trinajstić information content (AvgIpc) is 2.93. The average molecular weight is 501 g/mol. The summed E-state index contributed by atoms with van der Waals surface area (Å²) in [4.78, 5) is 0. The number of halogens is 3. The van der Waals surface area contributed by atoms with Crippen molar-refractivity contribution in [3.8, 4) is 0 Å². The van der Waals surface area contributed by atoms with Crippen molar-refractivity contribution in [2.45, 2.75) is 115 Å². The lowest BCUT2D eigenvalue weighted by Crippen LogP contribution is -2.27. The van der Waals surface area contributed by atoms with Crippen molar-refractivity contribution in [3.63, 3.8) is 0 Å². The van der Waals surface area contributed by atoms with Gasteiger partial charge in [-0.2, -0.15) is 8.78 Å². The number of alkyl halides is 3. The second kappa shape index (κ2) is 12.6. The summed E-state index contributed by atoms with van der Waals surface area (Å²) in [5, 5.41) is 0. The molecule has 2 aromatic carbocycles. The zero-order valence-electron chi connectivity index (χ0n) is 22.0. The smallest absolute Gasteiger partial charge is 0.313 e. The summed E-state index contributed by atoms with van der Waals surface area (Å²) in [5.74, 6) is 2.65. The Morgan fingerprint density at radius 3 is 1.75 bits per heavy atom. The predicted octanol–water partition coefficient (Wildman–Crippen LogP) is 10.3. The molecule has 36 heavy (non-hydrogen) atoms. The first kappa shape index (κ1) is 27.2. The highest BCUT2D eigenvalue weighted by atomic mass is 19.3. The van der Waals surface area contributed by atoms with E-state index in [0.717, 1.165) is 30.2 Å². The van der Waals surface area contributed by atoms with Gasteiger partial charge in [0.25, 0.3) is 0 Å². The van der Waals surface area contributed by atoms with Crippen molar-refractivity contribution in [1.82, 2.24) is 0 Å². The zero-order valence-corrected chi connectivity index (χ0v) is 22.0. The van der Waals surface area contributed by atoms with Gasteiger partial charge in [-0.3, -0.25) is 0 Å². The van der Waals surface area contributed by atoms with Gasteiger partial charge in [-0.25, -0.2) is 4.39 Å². The number of benzene rings is 2. The SMILES string of the molecule is CCCC1CCC(c2ccc(COC(F)(F)C(F)c3ccc(C4CCC(CC)CC4)cc3)cc2)CC1. The lowest BCUT2D eigenvalue weighted by Gasteiger charge is -2.28. The highest BCUT2D eigenvalue weighted by molar-refractivity contribution is 5.28. The molecule has 0 N–H and O–H groups in total. The van der Waals surface area contributed by atoms with E-state index in [1.807, 2.05) is 36.4 Å². The van der Waals surface area contributed by atoms with E-state index in [-0.39, 0.29) is 12.2 Å². The third-order valence-corrected chi connectivity index (χ3v) is 8.85. The van der Waals surface area contributed by atoms with Crippen molar-refractivity contribution in [2.75, 3.05) is 0 Å². The van der Waals surface area contributed by atoms with E-state index in [1.165, 1.54) is 75.5 Å². The Bertz CT molecular complexity index is 907. The van der Waals surface area contributed by atoms with E-state index in [1.54, 1.807) is 0 Å². The van der Waals surface area contributed by atoms with Crippen LogP contribution in [-0.2, 0) is 11.3 Å². The van der Waals surface area contributed by atoms with Crippen molar-refractivity contribution in [3.05, 3.63) is 70.8 Å². The van der Waals surface area contributed by atoms with Crippen LogP contribution in [0.15, 0.2) is 48.5 Å². The molecule has 4 rings (SSSR count). The molecule has 2 aliphatic rings. The predicted molar refractivity (Wildman–Crippen MR) is 141 cm³/mol. The van der Waals surface area contributed by atoms with Gasteiger partial charge in [0.2, 0.25) is 6.17 Å². The number of rotatable bonds is 10. The molecule has 1 unspecified atom stereocenters. The number of hydrogen-bond acceptors (Lipinski definition) is 1. The second-order valence-electron chi connectivity index (χ2n) is 11.3. The van der Waals surface area contributed by atoms with Gasteiger partial charge in [-0.15, -0.1) is 0 Å². The molecule has 0 amide bonds. The fraction of sp³-hybridized carbons (Fsp3) is 0.625. The molecule has 0 spiro atoms. The molecule has 2 aliphatic carbocycles. The van der Waals surface area contributed by atoms with Crippen LogP contribution in [0, 0.1) is 11.8 Å². The molecule has 1 nitrogen and oxygen atoms in total. The Morgan fingerprint density at radius 2 is 1.25 bits per heavy atom. The van der Waals surface area contributed by atoms with E-state index < -0.39 is 12.3 Å². The van der Waals surface area contributed by atoms with E-state index in [4.69, 9.17) is 4.74 Å². The minimum absolute atomic E-state index is 0.0278. The van der Waals surface area contributed by atoms with E-state index >= 15 is 0 Å². The topological polar surface area (TPSA) is 9.23 Å². The van der Waals surface area contributed by atoms with Gasteiger partial charge in [-0.05, 0) is 97.3 Å². The fourth-order valence-corrected chi connectivity index (χ4v) is 6.37. The first-order valence-corrected chi connectivity index (χ1v) is 14.2. The number of ether oxygens (including phenoxy) is 1. The normalized spacial score (nSPS) is 26.0. The van der Waals surface area contributed by atoms with Crippen LogP contribution in [0.2, 0.25) is 0 Å². The molecule has 0 saturated heterocycles. The number of hydrogen-bond donors (Lipinski definition) is 0. The lowest BCUT2D eigenvalue weighted by molar-refractivity contribution is -0.282. The summed E-state index contributed by atoms with van der Waals surface area (Å²) >= 11 is 0. The highest BCUT2D eigenvalue weighted by Crippen LogP contribution is 2.40. The molecule has 0 radical (unpaired) electrons. The zero-order chi connectivity index (χ0) is 25.5. The molecule has 0 aromatic heterocycles. The van der Waals surface area contributed by atoms with Gasteiger partial charge in [0.1, 0.15) is 0 Å². The van der Waals surface area contributed by atoms with Crippen LogP contribution in [0.1, 0.15) is 125 Å².